The van der Waals surface area contributed by atoms with Gasteiger partial charge in [0.25, 0.3) is 0 Å². The highest BCUT2D eigenvalue weighted by Crippen LogP contribution is 2.36. The van der Waals surface area contributed by atoms with Crippen molar-refractivity contribution in [3.8, 4) is 0 Å². The average Bonchev–Trinajstić information content (AvgIpc) is 2.79. The molecule has 0 saturated carbocycles. The van der Waals surface area contributed by atoms with Crippen LogP contribution in [0.4, 0.5) is 4.79 Å². The van der Waals surface area contributed by atoms with E-state index in [-0.39, 0.29) is 6.09 Å². The maximum absolute atomic E-state index is 12.5. The zero-order valence-corrected chi connectivity index (χ0v) is 15.9. The van der Waals surface area contributed by atoms with Crippen LogP contribution >= 0.6 is 0 Å². The van der Waals surface area contributed by atoms with E-state index in [2.05, 4.69) is 22.4 Å². The highest BCUT2D eigenvalue weighted by molar-refractivity contribution is 5.69. The fraction of sp³-hybridized carbons (Fsp3) is 0.700. The average molecular weight is 345 g/mol. The van der Waals surface area contributed by atoms with E-state index in [9.17, 15) is 4.79 Å². The van der Waals surface area contributed by atoms with Crippen LogP contribution in [0.1, 0.15) is 57.7 Å². The number of carbonyl (C=O) groups excluding carboxylic acids is 1. The number of aromatic nitrogens is 1. The summed E-state index contributed by atoms with van der Waals surface area (Å²) in [5, 5.41) is 3.69. The molecule has 2 aliphatic rings. The van der Waals surface area contributed by atoms with Gasteiger partial charge in [-0.3, -0.25) is 4.98 Å². The molecule has 2 aliphatic heterocycles. The van der Waals surface area contributed by atoms with Gasteiger partial charge in [0, 0.05) is 30.0 Å². The third-order valence-electron chi connectivity index (χ3n) is 5.16. The number of carbonyl (C=O) groups is 1. The van der Waals surface area contributed by atoms with Gasteiger partial charge in [0.05, 0.1) is 0 Å². The van der Waals surface area contributed by atoms with Crippen LogP contribution in [0.15, 0.2) is 18.3 Å². The van der Waals surface area contributed by atoms with Crippen LogP contribution in [0.5, 0.6) is 0 Å². The Morgan fingerprint density at radius 3 is 2.52 bits per heavy atom. The lowest BCUT2D eigenvalue weighted by molar-refractivity contribution is 0.00477. The Labute approximate surface area is 151 Å². The second-order valence-corrected chi connectivity index (χ2v) is 8.45. The van der Waals surface area contributed by atoms with Crippen LogP contribution in [-0.4, -0.2) is 46.2 Å². The van der Waals surface area contributed by atoms with Crippen molar-refractivity contribution in [2.45, 2.75) is 83.5 Å². The first-order valence-corrected chi connectivity index (χ1v) is 9.48. The SMILES string of the molecule is Cc1ccc(CCNC2CC3CCC(C2)N3C(=O)OC(C)(C)C)cn1. The van der Waals surface area contributed by atoms with Gasteiger partial charge in [0.15, 0.2) is 0 Å². The number of amides is 1. The normalized spacial score (nSPS) is 25.9. The number of ether oxygens (including phenoxy) is 1. The van der Waals surface area contributed by atoms with Crippen molar-refractivity contribution in [1.82, 2.24) is 15.2 Å². The van der Waals surface area contributed by atoms with Gasteiger partial charge >= 0.3 is 6.09 Å². The molecule has 25 heavy (non-hydrogen) atoms. The van der Waals surface area contributed by atoms with Crippen molar-refractivity contribution in [2.24, 2.45) is 0 Å². The first-order valence-electron chi connectivity index (χ1n) is 9.48. The fourth-order valence-electron chi connectivity index (χ4n) is 4.02. The standard InChI is InChI=1S/C20H31N3O2/c1-14-5-6-15(13-22-14)9-10-21-16-11-17-7-8-18(12-16)23(17)19(24)25-20(2,3)4/h5-6,13,16-18,21H,7-12H2,1-4H3. The van der Waals surface area contributed by atoms with E-state index in [0.717, 1.165) is 44.3 Å². The molecular formula is C20H31N3O2. The molecule has 1 aromatic rings. The zero-order chi connectivity index (χ0) is 18.0. The van der Waals surface area contributed by atoms with Crippen molar-refractivity contribution in [2.75, 3.05) is 6.54 Å². The molecule has 1 amide bonds. The van der Waals surface area contributed by atoms with Gasteiger partial charge in [-0.15, -0.1) is 0 Å². The summed E-state index contributed by atoms with van der Waals surface area (Å²) in [6.45, 7) is 8.76. The number of rotatable bonds is 4. The van der Waals surface area contributed by atoms with Crippen LogP contribution in [-0.2, 0) is 11.2 Å². The minimum atomic E-state index is -0.423. The van der Waals surface area contributed by atoms with Crippen molar-refractivity contribution in [3.05, 3.63) is 29.6 Å². The molecule has 3 heterocycles. The van der Waals surface area contributed by atoms with Gasteiger partial charge in [-0.1, -0.05) is 6.07 Å². The van der Waals surface area contributed by atoms with Crippen LogP contribution in [0, 0.1) is 6.92 Å². The Bertz CT molecular complexity index is 580. The number of aryl methyl sites for hydroxylation is 1. The molecule has 1 N–H and O–H groups in total. The third kappa shape index (κ3) is 4.72. The number of nitrogens with one attached hydrogen (secondary N) is 1. The molecule has 2 fully saturated rings. The zero-order valence-electron chi connectivity index (χ0n) is 15.9. The van der Waals surface area contributed by atoms with Crippen LogP contribution < -0.4 is 5.32 Å². The summed E-state index contributed by atoms with van der Waals surface area (Å²) in [7, 11) is 0. The maximum Gasteiger partial charge on any atom is 0.410 e. The van der Waals surface area contributed by atoms with Crippen molar-refractivity contribution in [3.63, 3.8) is 0 Å². The smallest absolute Gasteiger partial charge is 0.410 e. The molecule has 0 radical (unpaired) electrons. The Hall–Kier alpha value is -1.62. The van der Waals surface area contributed by atoms with Gasteiger partial charge in [0.1, 0.15) is 5.60 Å². The number of hydrogen-bond donors (Lipinski definition) is 1. The minimum absolute atomic E-state index is 0.135. The van der Waals surface area contributed by atoms with Gasteiger partial charge in [-0.25, -0.2) is 4.79 Å². The monoisotopic (exact) mass is 345 g/mol. The van der Waals surface area contributed by atoms with Crippen LogP contribution in [0.25, 0.3) is 0 Å². The Morgan fingerprint density at radius 2 is 1.96 bits per heavy atom. The van der Waals surface area contributed by atoms with E-state index >= 15 is 0 Å². The molecule has 2 unspecified atom stereocenters. The summed E-state index contributed by atoms with van der Waals surface area (Å²) in [6, 6.07) is 5.36. The quantitative estimate of drug-likeness (QED) is 0.908. The highest BCUT2D eigenvalue weighted by Gasteiger charge is 2.44. The van der Waals surface area contributed by atoms with Crippen molar-refractivity contribution < 1.29 is 9.53 Å². The molecule has 1 aromatic heterocycles. The molecule has 0 aliphatic carbocycles. The number of piperidine rings is 1. The van der Waals surface area contributed by atoms with Crippen molar-refractivity contribution in [1.29, 1.82) is 0 Å². The van der Waals surface area contributed by atoms with E-state index in [1.807, 2.05) is 38.8 Å². The van der Waals surface area contributed by atoms with E-state index in [1.54, 1.807) is 0 Å². The van der Waals surface area contributed by atoms with E-state index < -0.39 is 5.60 Å². The molecular weight excluding hydrogens is 314 g/mol. The summed E-state index contributed by atoms with van der Waals surface area (Å²) in [5.74, 6) is 0. The third-order valence-corrected chi connectivity index (χ3v) is 5.16. The van der Waals surface area contributed by atoms with E-state index in [4.69, 9.17) is 4.74 Å². The lowest BCUT2D eigenvalue weighted by atomic mass is 9.97. The lowest BCUT2D eigenvalue weighted by Crippen LogP contribution is -2.52. The van der Waals surface area contributed by atoms with Gasteiger partial charge in [-0.2, -0.15) is 0 Å². The minimum Gasteiger partial charge on any atom is -0.444 e. The summed E-state index contributed by atoms with van der Waals surface area (Å²) < 4.78 is 5.60. The van der Waals surface area contributed by atoms with E-state index in [1.165, 1.54) is 5.56 Å². The summed E-state index contributed by atoms with van der Waals surface area (Å²) >= 11 is 0. The number of fused-ring (bicyclic) bond motifs is 2. The molecule has 5 heteroatoms. The second-order valence-electron chi connectivity index (χ2n) is 8.45. The Morgan fingerprint density at radius 1 is 1.28 bits per heavy atom. The summed E-state index contributed by atoms with van der Waals surface area (Å²) in [5.41, 5.74) is 1.91. The molecule has 3 rings (SSSR count). The summed E-state index contributed by atoms with van der Waals surface area (Å²) in [6.07, 6.45) is 7.09. The number of nitrogens with zero attached hydrogens (tertiary/aromatic N) is 2. The lowest BCUT2D eigenvalue weighted by Gasteiger charge is -2.39. The topological polar surface area (TPSA) is 54.5 Å². The van der Waals surface area contributed by atoms with E-state index in [0.29, 0.717) is 18.1 Å². The van der Waals surface area contributed by atoms with Gasteiger partial charge in [0.2, 0.25) is 0 Å². The van der Waals surface area contributed by atoms with Gasteiger partial charge < -0.3 is 15.0 Å². The maximum atomic E-state index is 12.5. The molecule has 138 valence electrons. The van der Waals surface area contributed by atoms with Crippen molar-refractivity contribution >= 4 is 6.09 Å². The van der Waals surface area contributed by atoms with Crippen LogP contribution in [0.2, 0.25) is 0 Å². The second kappa shape index (κ2) is 7.32. The molecule has 2 atom stereocenters. The largest absolute Gasteiger partial charge is 0.444 e. The molecule has 2 saturated heterocycles. The first-order chi connectivity index (χ1) is 11.8. The number of hydrogen-bond acceptors (Lipinski definition) is 4. The Kier molecular flexibility index (Phi) is 5.32. The summed E-state index contributed by atoms with van der Waals surface area (Å²) in [4.78, 5) is 18.8. The first kappa shape index (κ1) is 18.2. The van der Waals surface area contributed by atoms with Crippen LogP contribution in [0.3, 0.4) is 0 Å². The molecule has 2 bridgehead atoms. The van der Waals surface area contributed by atoms with Gasteiger partial charge in [-0.05, 0) is 78.0 Å². The molecule has 0 spiro atoms. The predicted octanol–water partition coefficient (Wildman–Crippen LogP) is 3.45. The highest BCUT2D eigenvalue weighted by atomic mass is 16.6. The Balaban J connectivity index is 1.48. The number of pyridine rings is 1. The fourth-order valence-corrected chi connectivity index (χ4v) is 4.02. The predicted molar refractivity (Wildman–Crippen MR) is 98.6 cm³/mol. The molecule has 0 aromatic carbocycles. The molecule has 5 nitrogen and oxygen atoms in total.